The van der Waals surface area contributed by atoms with Gasteiger partial charge in [-0.2, -0.15) is 0 Å². The molecule has 1 aromatic rings. The number of amides is 1. The molecule has 2 atom stereocenters. The Hall–Kier alpha value is -1.06. The molecule has 2 aliphatic heterocycles. The lowest BCUT2D eigenvalue weighted by molar-refractivity contribution is 0.0782. The van der Waals surface area contributed by atoms with Crippen LogP contribution >= 0.6 is 11.6 Å². The van der Waals surface area contributed by atoms with Crippen LogP contribution in [0.25, 0.3) is 0 Å². The molecular weight excluding hydrogens is 236 g/mol. The third kappa shape index (κ3) is 2.05. The van der Waals surface area contributed by atoms with Crippen molar-refractivity contribution in [3.63, 3.8) is 0 Å². The van der Waals surface area contributed by atoms with Gasteiger partial charge in [-0.25, -0.2) is 0 Å². The van der Waals surface area contributed by atoms with Gasteiger partial charge < -0.3 is 10.2 Å². The van der Waals surface area contributed by atoms with Gasteiger partial charge >= 0.3 is 0 Å². The first kappa shape index (κ1) is 11.1. The molecule has 0 aliphatic carbocycles. The van der Waals surface area contributed by atoms with E-state index in [1.807, 2.05) is 17.0 Å². The van der Waals surface area contributed by atoms with Crippen LogP contribution in [0, 0.1) is 5.92 Å². The van der Waals surface area contributed by atoms with E-state index in [0.717, 1.165) is 19.6 Å². The van der Waals surface area contributed by atoms with Crippen molar-refractivity contribution in [1.82, 2.24) is 10.2 Å². The minimum absolute atomic E-state index is 0.101. The normalized spacial score (nSPS) is 27.2. The molecule has 17 heavy (non-hydrogen) atoms. The Morgan fingerprint density at radius 2 is 2.29 bits per heavy atom. The van der Waals surface area contributed by atoms with E-state index in [0.29, 0.717) is 22.5 Å². The number of hydrogen-bond acceptors (Lipinski definition) is 2. The highest BCUT2D eigenvalue weighted by molar-refractivity contribution is 6.30. The van der Waals surface area contributed by atoms with E-state index in [9.17, 15) is 4.79 Å². The molecule has 1 amide bonds. The van der Waals surface area contributed by atoms with Crippen molar-refractivity contribution in [3.8, 4) is 0 Å². The molecule has 4 heteroatoms. The Morgan fingerprint density at radius 1 is 1.41 bits per heavy atom. The number of nitrogens with zero attached hydrogens (tertiary/aromatic N) is 1. The summed E-state index contributed by atoms with van der Waals surface area (Å²) in [6, 6.07) is 7.68. The number of benzene rings is 1. The zero-order valence-corrected chi connectivity index (χ0v) is 10.3. The Bertz CT molecular complexity index is 437. The van der Waals surface area contributed by atoms with Gasteiger partial charge in [0.05, 0.1) is 0 Å². The molecule has 0 aromatic heterocycles. The van der Waals surface area contributed by atoms with Gasteiger partial charge in [0.2, 0.25) is 0 Å². The fourth-order valence-corrected chi connectivity index (χ4v) is 3.01. The minimum Gasteiger partial charge on any atom is -0.337 e. The first-order chi connectivity index (χ1) is 8.24. The summed E-state index contributed by atoms with van der Waals surface area (Å²) in [6.45, 7) is 2.80. The number of carbonyl (C=O) groups excluding carboxylic acids is 1. The average Bonchev–Trinajstić information content (AvgIpc) is 2.88. The second kappa shape index (κ2) is 4.31. The highest BCUT2D eigenvalue weighted by atomic mass is 35.5. The summed E-state index contributed by atoms with van der Waals surface area (Å²) in [5.41, 5.74) is 0.692. The first-order valence-electron chi connectivity index (χ1n) is 6.02. The van der Waals surface area contributed by atoms with Crippen LogP contribution in [0.3, 0.4) is 0 Å². The summed E-state index contributed by atoms with van der Waals surface area (Å²) in [7, 11) is 0. The maximum atomic E-state index is 12.3. The lowest BCUT2D eigenvalue weighted by atomic mass is 10.1. The fraction of sp³-hybridized carbons (Fsp3) is 0.462. The third-order valence-electron chi connectivity index (χ3n) is 3.72. The monoisotopic (exact) mass is 250 g/mol. The van der Waals surface area contributed by atoms with Crippen LogP contribution in [0.5, 0.6) is 0 Å². The van der Waals surface area contributed by atoms with Crippen LogP contribution in [0.1, 0.15) is 16.8 Å². The van der Waals surface area contributed by atoms with E-state index in [1.54, 1.807) is 12.1 Å². The van der Waals surface area contributed by atoms with Crippen molar-refractivity contribution >= 4 is 17.5 Å². The van der Waals surface area contributed by atoms with Crippen molar-refractivity contribution in [2.24, 2.45) is 5.92 Å². The molecule has 0 spiro atoms. The summed E-state index contributed by atoms with van der Waals surface area (Å²) >= 11 is 5.91. The highest BCUT2D eigenvalue weighted by Gasteiger charge is 2.38. The van der Waals surface area contributed by atoms with Crippen LogP contribution in [0.2, 0.25) is 5.02 Å². The molecule has 0 radical (unpaired) electrons. The first-order valence-corrected chi connectivity index (χ1v) is 6.40. The van der Waals surface area contributed by atoms with Crippen molar-refractivity contribution < 1.29 is 4.79 Å². The second-order valence-electron chi connectivity index (χ2n) is 4.83. The quantitative estimate of drug-likeness (QED) is 0.824. The number of rotatable bonds is 1. The Balaban J connectivity index is 1.75. The number of carbonyl (C=O) groups is 1. The summed E-state index contributed by atoms with van der Waals surface area (Å²) in [6.07, 6.45) is 1.18. The predicted octanol–water partition coefficient (Wildman–Crippen LogP) is 1.77. The highest BCUT2D eigenvalue weighted by Crippen LogP contribution is 2.26. The van der Waals surface area contributed by atoms with Crippen LogP contribution in [0.15, 0.2) is 24.3 Å². The van der Waals surface area contributed by atoms with Gasteiger partial charge in [0.15, 0.2) is 0 Å². The van der Waals surface area contributed by atoms with Crippen LogP contribution < -0.4 is 5.32 Å². The van der Waals surface area contributed by atoms with Gasteiger partial charge in [0.1, 0.15) is 0 Å². The number of likely N-dealkylation sites (tertiary alicyclic amines) is 1. The van der Waals surface area contributed by atoms with Crippen LogP contribution in [-0.2, 0) is 0 Å². The minimum atomic E-state index is 0.101. The summed E-state index contributed by atoms with van der Waals surface area (Å²) in [4.78, 5) is 14.2. The standard InChI is InChI=1S/C13H15ClN2O/c14-11-3-1-2-9(6-11)13(17)16-7-10-4-5-15-12(10)8-16/h1-3,6,10,12,15H,4-5,7-8H2/t10-,12+/m0/s1. The van der Waals surface area contributed by atoms with Crippen LogP contribution in [-0.4, -0.2) is 36.5 Å². The van der Waals surface area contributed by atoms with Gasteiger partial charge in [0, 0.05) is 29.7 Å². The van der Waals surface area contributed by atoms with Crippen molar-refractivity contribution in [1.29, 1.82) is 0 Å². The largest absolute Gasteiger partial charge is 0.337 e. The van der Waals surface area contributed by atoms with Crippen molar-refractivity contribution in [3.05, 3.63) is 34.9 Å². The number of halogens is 1. The zero-order chi connectivity index (χ0) is 11.8. The molecule has 2 heterocycles. The Morgan fingerprint density at radius 3 is 3.06 bits per heavy atom. The lowest BCUT2D eigenvalue weighted by Crippen LogP contribution is -2.33. The van der Waals surface area contributed by atoms with Crippen molar-refractivity contribution in [2.45, 2.75) is 12.5 Å². The van der Waals surface area contributed by atoms with E-state index in [1.165, 1.54) is 6.42 Å². The molecule has 1 aromatic carbocycles. The topological polar surface area (TPSA) is 32.3 Å². The fourth-order valence-electron chi connectivity index (χ4n) is 2.82. The molecule has 2 fully saturated rings. The van der Waals surface area contributed by atoms with Gasteiger partial charge in [-0.15, -0.1) is 0 Å². The molecule has 2 aliphatic rings. The average molecular weight is 251 g/mol. The maximum absolute atomic E-state index is 12.3. The van der Waals surface area contributed by atoms with Crippen LogP contribution in [0.4, 0.5) is 0 Å². The van der Waals surface area contributed by atoms with Gasteiger partial charge in [-0.1, -0.05) is 17.7 Å². The Kier molecular flexibility index (Phi) is 2.81. The molecule has 0 saturated carbocycles. The molecular formula is C13H15ClN2O. The third-order valence-corrected chi connectivity index (χ3v) is 3.96. The number of hydrogen-bond donors (Lipinski definition) is 1. The zero-order valence-electron chi connectivity index (χ0n) is 9.53. The van der Waals surface area contributed by atoms with E-state index < -0.39 is 0 Å². The SMILES string of the molecule is O=C(c1cccc(Cl)c1)N1C[C@@H]2CCN[C@@H]2C1. The van der Waals surface area contributed by atoms with Gasteiger partial charge in [0.25, 0.3) is 5.91 Å². The number of nitrogens with one attached hydrogen (secondary N) is 1. The molecule has 3 nitrogen and oxygen atoms in total. The summed E-state index contributed by atoms with van der Waals surface area (Å²) < 4.78 is 0. The maximum Gasteiger partial charge on any atom is 0.253 e. The molecule has 0 unspecified atom stereocenters. The predicted molar refractivity (Wildman–Crippen MR) is 67.3 cm³/mol. The molecule has 2 saturated heterocycles. The van der Waals surface area contributed by atoms with E-state index >= 15 is 0 Å². The smallest absolute Gasteiger partial charge is 0.253 e. The number of fused-ring (bicyclic) bond motifs is 1. The Labute approximate surface area is 106 Å². The lowest BCUT2D eigenvalue weighted by Gasteiger charge is -2.17. The van der Waals surface area contributed by atoms with E-state index in [-0.39, 0.29) is 5.91 Å². The molecule has 0 bridgehead atoms. The molecule has 1 N–H and O–H groups in total. The molecule has 3 rings (SSSR count). The van der Waals surface area contributed by atoms with E-state index in [4.69, 9.17) is 11.6 Å². The molecule has 90 valence electrons. The van der Waals surface area contributed by atoms with Gasteiger partial charge in [-0.3, -0.25) is 4.79 Å². The summed E-state index contributed by atoms with van der Waals surface area (Å²) in [5.74, 6) is 0.738. The summed E-state index contributed by atoms with van der Waals surface area (Å²) in [5, 5.41) is 4.07. The van der Waals surface area contributed by atoms with E-state index in [2.05, 4.69) is 5.32 Å². The van der Waals surface area contributed by atoms with Crippen molar-refractivity contribution in [2.75, 3.05) is 19.6 Å². The second-order valence-corrected chi connectivity index (χ2v) is 5.27. The van der Waals surface area contributed by atoms with Gasteiger partial charge in [-0.05, 0) is 37.1 Å².